The van der Waals surface area contributed by atoms with Crippen LogP contribution in [0.3, 0.4) is 0 Å². The highest BCUT2D eigenvalue weighted by atomic mass is 32.1. The Morgan fingerprint density at radius 1 is 1.29 bits per heavy atom. The van der Waals surface area contributed by atoms with Crippen molar-refractivity contribution in [2.24, 2.45) is 0 Å². The summed E-state index contributed by atoms with van der Waals surface area (Å²) in [7, 11) is -10.5. The van der Waals surface area contributed by atoms with E-state index >= 15 is 0 Å². The molecule has 18 heteroatoms. The van der Waals surface area contributed by atoms with Crippen molar-refractivity contribution < 1.29 is 47.6 Å². The van der Waals surface area contributed by atoms with Crippen LogP contribution in [0, 0.1) is 4.77 Å². The molecule has 1 unspecified atom stereocenters. The molecule has 0 aliphatic carbocycles. The molecule has 2 aromatic rings. The van der Waals surface area contributed by atoms with Crippen molar-refractivity contribution >= 4 is 44.8 Å². The highest BCUT2D eigenvalue weighted by Crippen LogP contribution is 2.57. The van der Waals surface area contributed by atoms with E-state index in [2.05, 4.69) is 23.8 Å². The molecule has 156 valence electrons. The summed E-state index contributed by atoms with van der Waals surface area (Å²) in [5.74, 6) is 0.0820. The molecule has 1 aliphatic heterocycles. The van der Waals surface area contributed by atoms with Crippen molar-refractivity contribution in [1.29, 1.82) is 0 Å². The largest absolute Gasteiger partial charge is 0.481 e. The average molecular weight is 459 g/mol. The Hall–Kier alpha value is -1.29. The van der Waals surface area contributed by atoms with Crippen LogP contribution in [0.4, 0.5) is 5.82 Å². The minimum atomic E-state index is -5.31. The van der Waals surface area contributed by atoms with E-state index in [9.17, 15) is 24.2 Å². The third kappa shape index (κ3) is 4.32. The second-order valence-corrected chi connectivity index (χ2v) is 8.86. The van der Waals surface area contributed by atoms with E-state index < -0.39 is 46.8 Å². The zero-order valence-electron chi connectivity index (χ0n) is 13.6. The third-order valence-corrected chi connectivity index (χ3v) is 6.19. The average Bonchev–Trinajstić information content (AvgIpc) is 3.02. The first-order valence-corrected chi connectivity index (χ1v) is 10.8. The highest BCUT2D eigenvalue weighted by Gasteiger charge is 2.46. The molecule has 2 aromatic heterocycles. The lowest BCUT2D eigenvalue weighted by molar-refractivity contribution is -0.0509. The number of phosphoric acid groups is 2. The molecule has 0 amide bonds. The topological polar surface area (TPSA) is 235 Å². The molecule has 1 fully saturated rings. The van der Waals surface area contributed by atoms with Gasteiger partial charge in [0.05, 0.1) is 6.61 Å². The number of nitrogens with two attached hydrogens (primary N) is 1. The molecule has 1 aliphatic rings. The SMILES string of the molecule is Nc1ncnc2c1[nH]c(=S)n2[C@@H]1O[C@H](COP(=O)(O)OP(=O)(O)O)[C@@H](O)[C@H]1O. The molecule has 0 radical (unpaired) electrons. The number of nitrogens with zero attached hydrogens (tertiary/aromatic N) is 3. The smallest absolute Gasteiger partial charge is 0.387 e. The number of aromatic amines is 1. The Kier molecular flexibility index (Phi) is 5.75. The fraction of sp³-hybridized carbons (Fsp3) is 0.500. The number of nitrogens with one attached hydrogen (secondary N) is 1. The Bertz CT molecular complexity index is 1040. The lowest BCUT2D eigenvalue weighted by Gasteiger charge is -2.17. The van der Waals surface area contributed by atoms with Crippen LogP contribution >= 0.6 is 27.9 Å². The van der Waals surface area contributed by atoms with Gasteiger partial charge in [-0.2, -0.15) is 4.31 Å². The van der Waals surface area contributed by atoms with E-state index in [1.54, 1.807) is 0 Å². The first-order valence-electron chi connectivity index (χ1n) is 7.36. The molecular weight excluding hydrogens is 444 g/mol. The predicted octanol–water partition coefficient (Wildman–Crippen LogP) is -1.08. The number of imidazole rings is 1. The van der Waals surface area contributed by atoms with Gasteiger partial charge in [-0.3, -0.25) is 9.09 Å². The van der Waals surface area contributed by atoms with Crippen molar-refractivity contribution in [1.82, 2.24) is 19.5 Å². The Morgan fingerprint density at radius 3 is 2.61 bits per heavy atom. The maximum absolute atomic E-state index is 11.5. The van der Waals surface area contributed by atoms with Crippen LogP contribution < -0.4 is 5.73 Å². The number of nitrogen functional groups attached to an aromatic ring is 1. The second kappa shape index (κ2) is 7.51. The number of hydrogen-bond donors (Lipinski definition) is 7. The molecule has 28 heavy (non-hydrogen) atoms. The quantitative estimate of drug-likeness (QED) is 0.201. The summed E-state index contributed by atoms with van der Waals surface area (Å²) in [5, 5.41) is 20.4. The van der Waals surface area contributed by atoms with Gasteiger partial charge < -0.3 is 40.3 Å². The predicted molar refractivity (Wildman–Crippen MR) is 92.0 cm³/mol. The van der Waals surface area contributed by atoms with Crippen LogP contribution in [-0.2, 0) is 22.7 Å². The van der Waals surface area contributed by atoms with Gasteiger partial charge in [0.2, 0.25) is 0 Å². The fourth-order valence-electron chi connectivity index (χ4n) is 2.60. The van der Waals surface area contributed by atoms with Crippen molar-refractivity contribution in [3.63, 3.8) is 0 Å². The summed E-state index contributed by atoms with van der Waals surface area (Å²) in [5.41, 5.74) is 6.17. The normalized spacial score (nSPS) is 27.9. The lowest BCUT2D eigenvalue weighted by atomic mass is 10.1. The maximum atomic E-state index is 11.5. The van der Waals surface area contributed by atoms with E-state index in [1.165, 1.54) is 4.57 Å². The molecule has 0 saturated carbocycles. The van der Waals surface area contributed by atoms with Gasteiger partial charge in [-0.1, -0.05) is 0 Å². The van der Waals surface area contributed by atoms with Crippen LogP contribution in [0.2, 0.25) is 0 Å². The van der Waals surface area contributed by atoms with Gasteiger partial charge in [-0.05, 0) is 12.2 Å². The van der Waals surface area contributed by atoms with Gasteiger partial charge in [0, 0.05) is 0 Å². The van der Waals surface area contributed by atoms with Crippen molar-refractivity contribution in [2.75, 3.05) is 12.3 Å². The number of aliphatic hydroxyl groups excluding tert-OH is 2. The summed E-state index contributed by atoms with van der Waals surface area (Å²) in [6.45, 7) is -0.838. The minimum Gasteiger partial charge on any atom is -0.387 e. The third-order valence-electron chi connectivity index (χ3n) is 3.74. The molecule has 0 bridgehead atoms. The zero-order chi connectivity index (χ0) is 20.9. The number of aliphatic hydroxyl groups is 2. The van der Waals surface area contributed by atoms with Gasteiger partial charge >= 0.3 is 15.6 Å². The van der Waals surface area contributed by atoms with Crippen LogP contribution in [0.25, 0.3) is 11.2 Å². The van der Waals surface area contributed by atoms with Crippen molar-refractivity contribution in [3.05, 3.63) is 11.1 Å². The second-order valence-electron chi connectivity index (χ2n) is 5.64. The van der Waals surface area contributed by atoms with Gasteiger partial charge in [0.15, 0.2) is 22.5 Å². The number of phosphoric ester groups is 1. The molecule has 3 heterocycles. The van der Waals surface area contributed by atoms with Crippen molar-refractivity contribution in [2.45, 2.75) is 24.5 Å². The number of anilines is 1. The summed E-state index contributed by atoms with van der Waals surface area (Å²) >= 11 is 5.15. The van der Waals surface area contributed by atoms with Gasteiger partial charge in [0.1, 0.15) is 30.2 Å². The minimum absolute atomic E-state index is 0.0395. The van der Waals surface area contributed by atoms with Crippen LogP contribution in [0.1, 0.15) is 6.23 Å². The first-order chi connectivity index (χ1) is 12.9. The number of aromatic nitrogens is 4. The molecule has 0 spiro atoms. The number of fused-ring (bicyclic) bond motifs is 1. The first kappa shape index (κ1) is 21.4. The highest BCUT2D eigenvalue weighted by molar-refractivity contribution is 7.71. The molecular formula is C10H15N5O10P2S. The van der Waals surface area contributed by atoms with Gasteiger partial charge in [-0.25, -0.2) is 19.1 Å². The molecule has 8 N–H and O–H groups in total. The number of ether oxygens (including phenoxy) is 1. The molecule has 0 aromatic carbocycles. The maximum Gasteiger partial charge on any atom is 0.481 e. The summed E-state index contributed by atoms with van der Waals surface area (Å²) in [4.78, 5) is 37.0. The Labute approximate surface area is 160 Å². The molecule has 3 rings (SSSR count). The van der Waals surface area contributed by atoms with E-state index in [4.69, 9.17) is 32.5 Å². The Balaban J connectivity index is 1.81. The van der Waals surface area contributed by atoms with Crippen LogP contribution in [0.15, 0.2) is 6.33 Å². The van der Waals surface area contributed by atoms with E-state index in [-0.39, 0.29) is 21.8 Å². The molecule has 15 nitrogen and oxygen atoms in total. The fourth-order valence-corrected chi connectivity index (χ4v) is 4.49. The summed E-state index contributed by atoms with van der Waals surface area (Å²) < 4.78 is 36.9. The molecule has 1 saturated heterocycles. The van der Waals surface area contributed by atoms with Gasteiger partial charge in [0.25, 0.3) is 0 Å². The lowest BCUT2D eigenvalue weighted by Crippen LogP contribution is -2.33. The van der Waals surface area contributed by atoms with Crippen molar-refractivity contribution in [3.8, 4) is 0 Å². The standard InChI is InChI=1S/C10H15N5O10P2S/c11-7-4-8(13-2-12-7)15(10(28)14-4)9-6(17)5(16)3(24-9)1-23-27(21,22)25-26(18,19)20/h2-3,5-6,9,16-17H,1H2,(H,14,28)(H,21,22)(H2,11,12,13)(H2,18,19,20)/t3-,5-,6-,9-/m1/s1. The number of H-pyrrole nitrogens is 1. The number of rotatable bonds is 6. The zero-order valence-corrected chi connectivity index (χ0v) is 16.2. The van der Waals surface area contributed by atoms with E-state index in [0.29, 0.717) is 0 Å². The van der Waals surface area contributed by atoms with Crippen LogP contribution in [-0.4, -0.2) is 69.3 Å². The monoisotopic (exact) mass is 459 g/mol. The number of hydrogen-bond acceptors (Lipinski definition) is 11. The van der Waals surface area contributed by atoms with Crippen LogP contribution in [0.5, 0.6) is 0 Å². The van der Waals surface area contributed by atoms with E-state index in [0.717, 1.165) is 6.33 Å². The Morgan fingerprint density at radius 2 is 1.96 bits per heavy atom. The summed E-state index contributed by atoms with van der Waals surface area (Å²) in [6.07, 6.45) is -4.66. The van der Waals surface area contributed by atoms with E-state index in [1.807, 2.05) is 0 Å². The summed E-state index contributed by atoms with van der Waals surface area (Å²) in [6, 6.07) is 0. The molecule has 5 atom stereocenters. The van der Waals surface area contributed by atoms with Gasteiger partial charge in [-0.15, -0.1) is 0 Å².